The van der Waals surface area contributed by atoms with Gasteiger partial charge in [-0.25, -0.2) is 4.98 Å². The maximum absolute atomic E-state index is 10.4. The topological polar surface area (TPSA) is 108 Å². The maximum Gasteiger partial charge on any atom is 0.268 e. The summed E-state index contributed by atoms with van der Waals surface area (Å²) >= 11 is 0. The molecule has 2 aromatic carbocycles. The van der Waals surface area contributed by atoms with Crippen LogP contribution in [0.4, 0.5) is 0 Å². The molecule has 0 aliphatic rings. The first-order valence-electron chi connectivity index (χ1n) is 10.9. The largest absolute Gasteiger partial charge is 0.415 e. The van der Waals surface area contributed by atoms with Crippen molar-refractivity contribution >= 4 is 10.6 Å². The average molecular weight is 480 g/mol. The van der Waals surface area contributed by atoms with Crippen molar-refractivity contribution in [3.63, 3.8) is 0 Å². The Hall–Kier alpha value is -3.11. The number of aromatic nitrogens is 4. The first-order valence-corrected chi connectivity index (χ1v) is 12.5. The van der Waals surface area contributed by atoms with Crippen molar-refractivity contribution < 1.29 is 13.5 Å². The van der Waals surface area contributed by atoms with Crippen LogP contribution in [-0.4, -0.2) is 53.5 Å². The minimum absolute atomic E-state index is 0.264. The fourth-order valence-electron chi connectivity index (χ4n) is 3.44. The van der Waals surface area contributed by atoms with Crippen LogP contribution < -0.4 is 0 Å². The van der Waals surface area contributed by atoms with Gasteiger partial charge in [0.05, 0.1) is 22.5 Å². The summed E-state index contributed by atoms with van der Waals surface area (Å²) in [5.74, 6) is 0.714. The van der Waals surface area contributed by atoms with Crippen molar-refractivity contribution in [3.8, 4) is 34.3 Å². The van der Waals surface area contributed by atoms with Crippen LogP contribution in [0.1, 0.15) is 25.1 Å². The third-order valence-electron chi connectivity index (χ3n) is 5.44. The molecule has 0 radical (unpaired) electrons. The number of benzene rings is 2. The molecule has 178 valence electrons. The minimum Gasteiger partial charge on any atom is -0.415 e. The smallest absolute Gasteiger partial charge is 0.268 e. The van der Waals surface area contributed by atoms with Gasteiger partial charge in [0.25, 0.3) is 5.89 Å². The Balaban J connectivity index is 1.60. The molecule has 2 heterocycles. The third kappa shape index (κ3) is 5.02. The van der Waals surface area contributed by atoms with E-state index >= 15 is 0 Å². The van der Waals surface area contributed by atoms with Gasteiger partial charge in [0.2, 0.25) is 5.89 Å². The molecule has 0 atom stereocenters. The molecule has 0 aliphatic heterocycles. The monoisotopic (exact) mass is 479 g/mol. The predicted molar refractivity (Wildman–Crippen MR) is 135 cm³/mol. The molecule has 4 rings (SSSR count). The molecule has 34 heavy (non-hydrogen) atoms. The Labute approximate surface area is 201 Å². The number of rotatable bonds is 7. The van der Waals surface area contributed by atoms with Crippen molar-refractivity contribution in [2.75, 3.05) is 14.1 Å². The van der Waals surface area contributed by atoms with E-state index in [0.29, 0.717) is 33.8 Å². The third-order valence-corrected chi connectivity index (χ3v) is 7.72. The van der Waals surface area contributed by atoms with Crippen LogP contribution in [0.3, 0.4) is 0 Å². The van der Waals surface area contributed by atoms with Crippen LogP contribution in [0.25, 0.3) is 34.3 Å². The van der Waals surface area contributed by atoms with Crippen LogP contribution >= 0.6 is 10.6 Å². The number of nitrogens with zero attached hydrogens (tertiary/aromatic N) is 5. The molecule has 0 amide bonds. The van der Waals surface area contributed by atoms with E-state index in [4.69, 9.17) is 9.40 Å². The van der Waals surface area contributed by atoms with E-state index in [1.165, 1.54) is 5.56 Å². The van der Waals surface area contributed by atoms with Gasteiger partial charge < -0.3 is 9.32 Å². The van der Waals surface area contributed by atoms with Gasteiger partial charge in [0.1, 0.15) is 5.69 Å². The highest BCUT2D eigenvalue weighted by atomic mass is 32.3. The van der Waals surface area contributed by atoms with E-state index in [0.717, 1.165) is 17.7 Å². The van der Waals surface area contributed by atoms with E-state index in [-0.39, 0.29) is 5.25 Å². The number of hydrogen-bond acceptors (Lipinski definition) is 8. The lowest BCUT2D eigenvalue weighted by atomic mass is 10.1. The van der Waals surface area contributed by atoms with Crippen molar-refractivity contribution in [3.05, 3.63) is 66.0 Å². The summed E-state index contributed by atoms with van der Waals surface area (Å²) in [6.07, 6.45) is 1.68. The lowest BCUT2D eigenvalue weighted by Crippen LogP contribution is -2.10. The molecule has 0 fully saturated rings. The zero-order chi connectivity index (χ0) is 24.5. The van der Waals surface area contributed by atoms with Crippen LogP contribution in [0.2, 0.25) is 0 Å². The lowest BCUT2D eigenvalue weighted by Gasteiger charge is -2.36. The van der Waals surface area contributed by atoms with Crippen LogP contribution in [0, 0.1) is 6.92 Å². The summed E-state index contributed by atoms with van der Waals surface area (Å²) in [6, 6.07) is 15.1. The summed E-state index contributed by atoms with van der Waals surface area (Å²) in [4.78, 5) is 11.8. The normalized spacial score (nSPS) is 12.5. The molecular weight excluding hydrogens is 450 g/mol. The quantitative estimate of drug-likeness (QED) is 0.345. The van der Waals surface area contributed by atoms with Gasteiger partial charge in [-0.15, -0.1) is 10.2 Å². The SMILES string of the molecule is Cc1ncc(-c2ccc(S(O)(O)C(C)C)cc2)nc1-c1nnc(-c2ccc(CN(C)C)cc2)o1. The summed E-state index contributed by atoms with van der Waals surface area (Å²) in [5, 5.41) is 8.15. The standard InChI is InChI=1S/C25H29N5O3S/c1-16(2)34(31,32)21-12-10-19(11-13-21)22-14-26-17(3)23(27-22)25-29-28-24(33-25)20-8-6-18(7-9-20)15-30(4)5/h6-14,16,31-32H,15H2,1-5H3. The van der Waals surface area contributed by atoms with Gasteiger partial charge in [0, 0.05) is 22.9 Å². The molecule has 0 spiro atoms. The van der Waals surface area contributed by atoms with Gasteiger partial charge in [0.15, 0.2) is 0 Å². The fraction of sp³-hybridized carbons (Fsp3) is 0.280. The van der Waals surface area contributed by atoms with Crippen molar-refractivity contribution in [1.82, 2.24) is 25.1 Å². The molecule has 9 heteroatoms. The van der Waals surface area contributed by atoms with Crippen molar-refractivity contribution in [2.45, 2.75) is 37.5 Å². The van der Waals surface area contributed by atoms with Crippen molar-refractivity contribution in [2.24, 2.45) is 0 Å². The molecule has 0 unspecified atom stereocenters. The molecule has 0 saturated carbocycles. The number of aryl methyl sites for hydroxylation is 1. The average Bonchev–Trinajstić information content (AvgIpc) is 3.29. The molecular formula is C25H29N5O3S. The Morgan fingerprint density at radius 3 is 2.15 bits per heavy atom. The predicted octanol–water partition coefficient (Wildman–Crippen LogP) is 5.75. The second kappa shape index (κ2) is 9.63. The summed E-state index contributed by atoms with van der Waals surface area (Å²) < 4.78 is 26.7. The van der Waals surface area contributed by atoms with Gasteiger partial charge in [-0.05, 0) is 64.7 Å². The highest BCUT2D eigenvalue weighted by Crippen LogP contribution is 2.52. The molecule has 4 aromatic rings. The van der Waals surface area contributed by atoms with Gasteiger partial charge >= 0.3 is 0 Å². The Bertz CT molecular complexity index is 1270. The Morgan fingerprint density at radius 1 is 0.912 bits per heavy atom. The molecule has 0 aliphatic carbocycles. The van der Waals surface area contributed by atoms with E-state index in [9.17, 15) is 9.11 Å². The number of hydrogen-bond donors (Lipinski definition) is 2. The minimum atomic E-state index is -2.84. The van der Waals surface area contributed by atoms with Crippen molar-refractivity contribution in [1.29, 1.82) is 0 Å². The van der Waals surface area contributed by atoms with Gasteiger partial charge in [-0.3, -0.25) is 14.1 Å². The molecule has 8 nitrogen and oxygen atoms in total. The molecule has 2 aromatic heterocycles. The van der Waals surface area contributed by atoms with E-state index < -0.39 is 10.6 Å². The van der Waals surface area contributed by atoms with E-state index in [2.05, 4.69) is 20.1 Å². The van der Waals surface area contributed by atoms with Crippen LogP contribution in [0.5, 0.6) is 0 Å². The summed E-state index contributed by atoms with van der Waals surface area (Å²) in [6.45, 7) is 6.27. The zero-order valence-electron chi connectivity index (χ0n) is 19.9. The highest BCUT2D eigenvalue weighted by molar-refractivity contribution is 8.24. The summed E-state index contributed by atoms with van der Waals surface area (Å²) in [7, 11) is 1.22. The molecule has 0 bridgehead atoms. The first-order chi connectivity index (χ1) is 16.1. The maximum atomic E-state index is 10.4. The van der Waals surface area contributed by atoms with Crippen LogP contribution in [-0.2, 0) is 6.54 Å². The summed E-state index contributed by atoms with van der Waals surface area (Å²) in [5.41, 5.74) is 4.64. The molecule has 0 saturated heterocycles. The van der Waals surface area contributed by atoms with Crippen LogP contribution in [0.15, 0.2) is 64.0 Å². The first kappa shape index (κ1) is 24.0. The lowest BCUT2D eigenvalue weighted by molar-refractivity contribution is 0.402. The highest BCUT2D eigenvalue weighted by Gasteiger charge is 2.20. The van der Waals surface area contributed by atoms with E-state index in [1.54, 1.807) is 32.2 Å². The van der Waals surface area contributed by atoms with Gasteiger partial charge in [-0.2, -0.15) is 10.6 Å². The zero-order valence-corrected chi connectivity index (χ0v) is 20.7. The van der Waals surface area contributed by atoms with Gasteiger partial charge in [-0.1, -0.05) is 24.3 Å². The second-order valence-electron chi connectivity index (χ2n) is 8.70. The Kier molecular flexibility index (Phi) is 6.81. The Morgan fingerprint density at radius 2 is 1.53 bits per heavy atom. The fourth-order valence-corrected chi connectivity index (χ4v) is 4.52. The van der Waals surface area contributed by atoms with E-state index in [1.807, 2.05) is 57.4 Å². The second-order valence-corrected chi connectivity index (χ2v) is 11.3. The molecule has 2 N–H and O–H groups in total.